The molecule has 0 N–H and O–H groups in total. The minimum atomic E-state index is -0.310. The maximum absolute atomic E-state index is 13.2. The van der Waals surface area contributed by atoms with Crippen molar-refractivity contribution in [3.63, 3.8) is 0 Å². The van der Waals surface area contributed by atoms with Crippen LogP contribution in [0.2, 0.25) is 0 Å². The van der Waals surface area contributed by atoms with E-state index < -0.39 is 0 Å². The molecule has 0 radical (unpaired) electrons. The fourth-order valence-electron chi connectivity index (χ4n) is 5.92. The molecule has 0 amide bonds. The van der Waals surface area contributed by atoms with E-state index in [4.69, 9.17) is 9.47 Å². The second kappa shape index (κ2) is 13.9. The third kappa shape index (κ3) is 8.27. The summed E-state index contributed by atoms with van der Waals surface area (Å²) >= 11 is 0. The van der Waals surface area contributed by atoms with Crippen LogP contribution in [0.1, 0.15) is 69.5 Å². The average Bonchev–Trinajstić information content (AvgIpc) is 3.00. The molecule has 5 rings (SSSR count). The van der Waals surface area contributed by atoms with Crippen LogP contribution < -0.4 is 4.74 Å². The number of likely N-dealkylation sites (tertiary alicyclic amines) is 2. The Hall–Kier alpha value is -3.48. The van der Waals surface area contributed by atoms with E-state index in [0.29, 0.717) is 17.9 Å². The molecule has 6 heteroatoms. The molecule has 2 fully saturated rings. The number of methoxy groups -OCH3 is 1. The van der Waals surface area contributed by atoms with Gasteiger partial charge in [0, 0.05) is 38.2 Å². The van der Waals surface area contributed by atoms with Crippen molar-refractivity contribution >= 4 is 11.8 Å². The Morgan fingerprint density at radius 1 is 0.756 bits per heavy atom. The number of esters is 1. The summed E-state index contributed by atoms with van der Waals surface area (Å²) in [5, 5.41) is 0. The van der Waals surface area contributed by atoms with Gasteiger partial charge < -0.3 is 9.47 Å². The lowest BCUT2D eigenvalue weighted by Gasteiger charge is -2.32. The van der Waals surface area contributed by atoms with Crippen molar-refractivity contribution in [3.05, 3.63) is 101 Å². The Bertz CT molecular complexity index is 1290. The Labute approximate surface area is 244 Å². The molecule has 2 aliphatic rings. The number of carbonyl (C=O) groups is 2. The minimum absolute atomic E-state index is 0.149. The molecule has 0 aliphatic carbocycles. The van der Waals surface area contributed by atoms with Crippen LogP contribution in [0.5, 0.6) is 5.75 Å². The Morgan fingerprint density at radius 2 is 1.34 bits per heavy atom. The highest BCUT2D eigenvalue weighted by Gasteiger charge is 2.24. The molecule has 3 aromatic carbocycles. The van der Waals surface area contributed by atoms with Gasteiger partial charge in [-0.3, -0.25) is 14.6 Å². The molecule has 0 saturated carbocycles. The first-order valence-corrected chi connectivity index (χ1v) is 14.9. The summed E-state index contributed by atoms with van der Waals surface area (Å²) < 4.78 is 11.1. The van der Waals surface area contributed by atoms with Gasteiger partial charge in [0.15, 0.2) is 5.78 Å². The van der Waals surface area contributed by atoms with Gasteiger partial charge in [-0.15, -0.1) is 0 Å². The molecular formula is C35H42N2O4. The number of carbonyl (C=O) groups excluding carboxylic acids is 2. The van der Waals surface area contributed by atoms with Gasteiger partial charge in [-0.1, -0.05) is 54.1 Å². The highest BCUT2D eigenvalue weighted by atomic mass is 16.5. The van der Waals surface area contributed by atoms with Crippen LogP contribution in [0.4, 0.5) is 0 Å². The summed E-state index contributed by atoms with van der Waals surface area (Å²) in [6, 6.07) is 24.2. The maximum Gasteiger partial charge on any atom is 0.337 e. The minimum Gasteiger partial charge on any atom is -0.490 e. The van der Waals surface area contributed by atoms with E-state index in [-0.39, 0.29) is 17.9 Å². The van der Waals surface area contributed by atoms with Crippen LogP contribution in [0, 0.1) is 12.8 Å². The van der Waals surface area contributed by atoms with Crippen molar-refractivity contribution in [1.29, 1.82) is 0 Å². The predicted octanol–water partition coefficient (Wildman–Crippen LogP) is 6.31. The number of aryl methyl sites for hydroxylation is 1. The van der Waals surface area contributed by atoms with Gasteiger partial charge in [-0.05, 0) is 87.0 Å². The van der Waals surface area contributed by atoms with E-state index in [2.05, 4.69) is 41.0 Å². The standard InChI is InChI=1S/C35H42N2O4/c1-26-6-8-28(9-7-26)24-36-18-14-27(15-19-36)22-34(38)31-4-3-5-33(23-31)41-32-16-20-37(21-17-32)25-29-10-12-30(13-11-29)35(39)40-2/h3-13,23,27,32H,14-22,24-25H2,1-2H3. The van der Waals surface area contributed by atoms with Gasteiger partial charge in [0.05, 0.1) is 12.7 Å². The molecule has 2 aliphatic heterocycles. The van der Waals surface area contributed by atoms with Gasteiger partial charge in [0.2, 0.25) is 0 Å². The number of Topliss-reactive ketones (excluding diaryl/α,β-unsaturated/α-hetero) is 1. The zero-order chi connectivity index (χ0) is 28.6. The highest BCUT2D eigenvalue weighted by Crippen LogP contribution is 2.26. The van der Waals surface area contributed by atoms with Gasteiger partial charge in [0.1, 0.15) is 11.9 Å². The fourth-order valence-corrected chi connectivity index (χ4v) is 5.92. The molecule has 41 heavy (non-hydrogen) atoms. The van der Waals surface area contributed by atoms with E-state index >= 15 is 0 Å². The molecule has 0 bridgehead atoms. The van der Waals surface area contributed by atoms with Crippen LogP contribution >= 0.6 is 0 Å². The smallest absolute Gasteiger partial charge is 0.337 e. The number of ether oxygens (including phenoxy) is 2. The van der Waals surface area contributed by atoms with Crippen LogP contribution in [-0.4, -0.2) is 60.9 Å². The molecule has 216 valence electrons. The summed E-state index contributed by atoms with van der Waals surface area (Å²) in [4.78, 5) is 29.7. The van der Waals surface area contributed by atoms with Gasteiger partial charge >= 0.3 is 5.97 Å². The SMILES string of the molecule is COC(=O)c1ccc(CN2CCC(Oc3cccc(C(=O)CC4CCN(Cc5ccc(C)cc5)CC4)c3)CC2)cc1. The first-order valence-electron chi connectivity index (χ1n) is 14.9. The lowest BCUT2D eigenvalue weighted by molar-refractivity contribution is 0.0600. The number of nitrogens with zero attached hydrogens (tertiary/aromatic N) is 2. The Morgan fingerprint density at radius 3 is 1.95 bits per heavy atom. The van der Waals surface area contributed by atoms with Crippen LogP contribution in [0.3, 0.4) is 0 Å². The zero-order valence-corrected chi connectivity index (χ0v) is 24.4. The van der Waals surface area contributed by atoms with Crippen LogP contribution in [0.15, 0.2) is 72.8 Å². The third-order valence-corrected chi connectivity index (χ3v) is 8.48. The molecular weight excluding hydrogens is 512 g/mol. The third-order valence-electron chi connectivity index (χ3n) is 8.48. The fraction of sp³-hybridized carbons (Fsp3) is 0.429. The Balaban J connectivity index is 1.04. The van der Waals surface area contributed by atoms with Crippen molar-refractivity contribution in [2.24, 2.45) is 5.92 Å². The summed E-state index contributed by atoms with van der Waals surface area (Å²) in [6.07, 6.45) is 4.79. The van der Waals surface area contributed by atoms with Gasteiger partial charge in [-0.25, -0.2) is 4.79 Å². The lowest BCUT2D eigenvalue weighted by Crippen LogP contribution is -2.37. The molecule has 0 aromatic heterocycles. The number of rotatable bonds is 10. The lowest BCUT2D eigenvalue weighted by atomic mass is 9.89. The highest BCUT2D eigenvalue weighted by molar-refractivity contribution is 5.96. The first-order chi connectivity index (χ1) is 19.9. The van der Waals surface area contributed by atoms with Gasteiger partial charge in [0.25, 0.3) is 0 Å². The van der Waals surface area contributed by atoms with Crippen molar-refractivity contribution in [3.8, 4) is 5.75 Å². The van der Waals surface area contributed by atoms with E-state index in [0.717, 1.165) is 76.3 Å². The average molecular weight is 555 g/mol. The van der Waals surface area contributed by atoms with E-state index in [1.165, 1.54) is 23.8 Å². The number of piperidine rings is 2. The molecule has 0 unspecified atom stereocenters. The molecule has 2 saturated heterocycles. The topological polar surface area (TPSA) is 59.1 Å². The number of ketones is 1. The van der Waals surface area contributed by atoms with Crippen molar-refractivity contribution in [2.45, 2.75) is 58.2 Å². The quantitative estimate of drug-likeness (QED) is 0.216. The van der Waals surface area contributed by atoms with Crippen molar-refractivity contribution in [1.82, 2.24) is 9.80 Å². The molecule has 3 aromatic rings. The maximum atomic E-state index is 13.2. The Kier molecular flexibility index (Phi) is 9.86. The molecule has 2 heterocycles. The van der Waals surface area contributed by atoms with E-state index in [9.17, 15) is 9.59 Å². The molecule has 0 atom stereocenters. The monoisotopic (exact) mass is 554 g/mol. The summed E-state index contributed by atoms with van der Waals surface area (Å²) in [5.41, 5.74) is 5.17. The zero-order valence-electron chi connectivity index (χ0n) is 24.4. The second-order valence-corrected chi connectivity index (χ2v) is 11.6. The number of hydrogen-bond acceptors (Lipinski definition) is 6. The summed E-state index contributed by atoms with van der Waals surface area (Å²) in [5.74, 6) is 1.15. The normalized spacial score (nSPS) is 17.3. The van der Waals surface area contributed by atoms with Gasteiger partial charge in [-0.2, -0.15) is 0 Å². The van der Waals surface area contributed by atoms with Crippen molar-refractivity contribution in [2.75, 3.05) is 33.3 Å². The number of benzene rings is 3. The predicted molar refractivity (Wildman–Crippen MR) is 161 cm³/mol. The molecule has 6 nitrogen and oxygen atoms in total. The first kappa shape index (κ1) is 29.0. The molecule has 0 spiro atoms. The summed E-state index contributed by atoms with van der Waals surface area (Å²) in [7, 11) is 1.40. The number of hydrogen-bond donors (Lipinski definition) is 0. The van der Waals surface area contributed by atoms with E-state index in [1.807, 2.05) is 48.5 Å². The van der Waals surface area contributed by atoms with Crippen LogP contribution in [-0.2, 0) is 17.8 Å². The van der Waals surface area contributed by atoms with E-state index in [1.54, 1.807) is 0 Å². The van der Waals surface area contributed by atoms with Crippen molar-refractivity contribution < 1.29 is 19.1 Å². The summed E-state index contributed by atoms with van der Waals surface area (Å²) in [6.45, 7) is 7.96. The van der Waals surface area contributed by atoms with Crippen LogP contribution in [0.25, 0.3) is 0 Å². The second-order valence-electron chi connectivity index (χ2n) is 11.6. The largest absolute Gasteiger partial charge is 0.490 e.